The number of aliphatic hydroxyl groups excluding tert-OH is 1. The lowest BCUT2D eigenvalue weighted by atomic mass is 10.1. The second-order valence-electron chi connectivity index (χ2n) is 4.91. The first kappa shape index (κ1) is 13.8. The van der Waals surface area contributed by atoms with Crippen molar-refractivity contribution in [3.8, 4) is 0 Å². The summed E-state index contributed by atoms with van der Waals surface area (Å²) >= 11 is -1.18. The van der Waals surface area contributed by atoms with Crippen LogP contribution < -0.4 is 4.72 Å². The smallest absolute Gasteiger partial charge is 0.136 e. The third-order valence-electron chi connectivity index (χ3n) is 2.43. The molecular weight excluding hydrogens is 226 g/mol. The molecule has 0 bridgehead atoms. The Hall–Kier alpha value is -0.230. The maximum absolute atomic E-state index is 11.9. The van der Waals surface area contributed by atoms with Crippen LogP contribution in [0.15, 0.2) is 12.3 Å². The van der Waals surface area contributed by atoms with Crippen molar-refractivity contribution in [2.75, 3.05) is 6.61 Å². The Labute approximate surface area is 100 Å². The van der Waals surface area contributed by atoms with E-state index in [0.717, 1.165) is 12.8 Å². The van der Waals surface area contributed by atoms with E-state index in [9.17, 15) is 9.66 Å². The molecule has 0 saturated carbocycles. The van der Waals surface area contributed by atoms with E-state index in [-0.39, 0.29) is 23.5 Å². The van der Waals surface area contributed by atoms with Crippen molar-refractivity contribution in [1.82, 2.24) is 4.72 Å². The van der Waals surface area contributed by atoms with E-state index in [4.69, 9.17) is 4.74 Å². The molecule has 0 aromatic carbocycles. The van der Waals surface area contributed by atoms with E-state index >= 15 is 0 Å². The summed E-state index contributed by atoms with van der Waals surface area (Å²) in [5.74, 6) is 0. The van der Waals surface area contributed by atoms with E-state index < -0.39 is 11.4 Å². The van der Waals surface area contributed by atoms with Gasteiger partial charge in [-0.25, -0.2) is 0 Å². The molecule has 3 unspecified atom stereocenters. The van der Waals surface area contributed by atoms with E-state index in [1.807, 2.05) is 26.8 Å². The Morgan fingerprint density at radius 1 is 1.62 bits per heavy atom. The van der Waals surface area contributed by atoms with Crippen LogP contribution in [0.1, 0.15) is 33.6 Å². The minimum atomic E-state index is -1.18. The third-order valence-corrected chi connectivity index (χ3v) is 4.06. The van der Waals surface area contributed by atoms with Gasteiger partial charge in [0.05, 0.1) is 12.9 Å². The lowest BCUT2D eigenvalue weighted by Gasteiger charge is -2.31. The lowest BCUT2D eigenvalue weighted by molar-refractivity contribution is 0.0682. The van der Waals surface area contributed by atoms with E-state index in [0.29, 0.717) is 0 Å². The standard InChI is InChI=1S/C11H21NO3S/c1-11(2,3)16(14)12-9(8-13)10-6-4-5-7-15-10/h5,7,9-10,12-13H,4,6,8H2,1-3H3. The van der Waals surface area contributed by atoms with Gasteiger partial charge in [-0.15, -0.1) is 4.72 Å². The number of aliphatic hydroxyl groups is 1. The average molecular weight is 247 g/mol. The zero-order chi connectivity index (χ0) is 12.2. The Morgan fingerprint density at radius 2 is 2.31 bits per heavy atom. The molecule has 1 rings (SSSR count). The van der Waals surface area contributed by atoms with Gasteiger partial charge in [-0.05, 0) is 39.7 Å². The first-order valence-electron chi connectivity index (χ1n) is 5.54. The van der Waals surface area contributed by atoms with Crippen LogP contribution in [0.2, 0.25) is 0 Å². The average Bonchev–Trinajstić information content (AvgIpc) is 2.25. The van der Waals surface area contributed by atoms with Crippen molar-refractivity contribution in [1.29, 1.82) is 0 Å². The molecule has 0 aromatic rings. The summed E-state index contributed by atoms with van der Waals surface area (Å²) in [5.41, 5.74) is 0. The van der Waals surface area contributed by atoms with Gasteiger partial charge in [0.2, 0.25) is 0 Å². The highest BCUT2D eigenvalue weighted by molar-refractivity contribution is 7.90. The van der Waals surface area contributed by atoms with E-state index in [2.05, 4.69) is 4.72 Å². The van der Waals surface area contributed by atoms with Crippen molar-refractivity contribution >= 4 is 11.4 Å². The molecule has 5 heteroatoms. The fourth-order valence-electron chi connectivity index (χ4n) is 1.39. The maximum atomic E-state index is 11.9. The van der Waals surface area contributed by atoms with Crippen LogP contribution in [0.25, 0.3) is 0 Å². The molecule has 2 N–H and O–H groups in total. The Kier molecular flexibility index (Phi) is 5.11. The molecule has 1 aliphatic rings. The van der Waals surface area contributed by atoms with Crippen molar-refractivity contribution in [3.63, 3.8) is 0 Å². The van der Waals surface area contributed by atoms with Gasteiger partial charge in [0.1, 0.15) is 16.9 Å². The molecule has 1 aliphatic heterocycles. The predicted molar refractivity (Wildman–Crippen MR) is 65.2 cm³/mol. The van der Waals surface area contributed by atoms with Crippen LogP contribution in [0.3, 0.4) is 0 Å². The topological polar surface area (TPSA) is 64.5 Å². The summed E-state index contributed by atoms with van der Waals surface area (Å²) in [6.07, 6.45) is 5.28. The van der Waals surface area contributed by atoms with Gasteiger partial charge in [-0.1, -0.05) is 0 Å². The van der Waals surface area contributed by atoms with Gasteiger partial charge < -0.3 is 14.4 Å². The summed E-state index contributed by atoms with van der Waals surface area (Å²) in [6.45, 7) is 5.62. The number of hydrogen-bond donors (Lipinski definition) is 2. The molecule has 0 saturated heterocycles. The highest BCUT2D eigenvalue weighted by Gasteiger charge is 2.33. The SMILES string of the molecule is CC(C)(C)[S+]([O-])NC(CO)C1CCC=CO1. The van der Waals surface area contributed by atoms with E-state index in [1.165, 1.54) is 0 Å². The largest absolute Gasteiger partial charge is 0.598 e. The molecule has 1 heterocycles. The second-order valence-corrected chi connectivity index (χ2v) is 6.91. The molecule has 0 spiro atoms. The van der Waals surface area contributed by atoms with Gasteiger partial charge in [0, 0.05) is 11.4 Å². The van der Waals surface area contributed by atoms with E-state index in [1.54, 1.807) is 6.26 Å². The van der Waals surface area contributed by atoms with Crippen LogP contribution in [-0.4, -0.2) is 33.2 Å². The summed E-state index contributed by atoms with van der Waals surface area (Å²) in [7, 11) is 0. The molecular formula is C11H21NO3S. The molecule has 0 aliphatic carbocycles. The van der Waals surface area contributed by atoms with Gasteiger partial charge in [0.25, 0.3) is 0 Å². The summed E-state index contributed by atoms with van der Waals surface area (Å²) in [6, 6.07) is -0.273. The second kappa shape index (κ2) is 5.91. The molecule has 4 nitrogen and oxygen atoms in total. The zero-order valence-electron chi connectivity index (χ0n) is 10.1. The van der Waals surface area contributed by atoms with Gasteiger partial charge >= 0.3 is 0 Å². The molecule has 0 aromatic heterocycles. The number of allylic oxidation sites excluding steroid dienone is 1. The summed E-state index contributed by atoms with van der Waals surface area (Å²) < 4.78 is 19.9. The van der Waals surface area contributed by atoms with Crippen LogP contribution >= 0.6 is 0 Å². The highest BCUT2D eigenvalue weighted by Crippen LogP contribution is 2.18. The monoisotopic (exact) mass is 247 g/mol. The van der Waals surface area contributed by atoms with Crippen molar-refractivity contribution in [2.45, 2.75) is 50.5 Å². The molecule has 3 atom stereocenters. The molecule has 94 valence electrons. The van der Waals surface area contributed by atoms with Crippen LogP contribution in [0.4, 0.5) is 0 Å². The highest BCUT2D eigenvalue weighted by atomic mass is 32.2. The molecule has 0 fully saturated rings. The predicted octanol–water partition coefficient (Wildman–Crippen LogP) is 1.09. The number of ether oxygens (including phenoxy) is 1. The minimum Gasteiger partial charge on any atom is -0.598 e. The normalized spacial score (nSPS) is 24.9. The molecule has 0 amide bonds. The quantitative estimate of drug-likeness (QED) is 0.730. The van der Waals surface area contributed by atoms with Gasteiger partial charge in [-0.2, -0.15) is 0 Å². The third kappa shape index (κ3) is 3.97. The lowest BCUT2D eigenvalue weighted by Crippen LogP contribution is -2.51. The zero-order valence-corrected chi connectivity index (χ0v) is 10.9. The Morgan fingerprint density at radius 3 is 2.75 bits per heavy atom. The maximum Gasteiger partial charge on any atom is 0.136 e. The Balaban J connectivity index is 2.51. The fourth-order valence-corrected chi connectivity index (χ4v) is 2.25. The summed E-state index contributed by atoms with van der Waals surface area (Å²) in [4.78, 5) is 0. The fraction of sp³-hybridized carbons (Fsp3) is 0.818. The van der Waals surface area contributed by atoms with Gasteiger partial charge in [0.15, 0.2) is 0 Å². The minimum absolute atomic E-state index is 0.0691. The van der Waals surface area contributed by atoms with Crippen LogP contribution in [-0.2, 0) is 16.1 Å². The van der Waals surface area contributed by atoms with Crippen molar-refractivity contribution in [2.24, 2.45) is 0 Å². The number of rotatable bonds is 4. The van der Waals surface area contributed by atoms with Crippen molar-refractivity contribution < 1.29 is 14.4 Å². The molecule has 16 heavy (non-hydrogen) atoms. The summed E-state index contributed by atoms with van der Waals surface area (Å²) in [5, 5.41) is 9.29. The van der Waals surface area contributed by atoms with Crippen LogP contribution in [0, 0.1) is 0 Å². The number of hydrogen-bond acceptors (Lipinski definition) is 4. The Bertz CT molecular complexity index is 240. The number of nitrogens with one attached hydrogen (secondary N) is 1. The van der Waals surface area contributed by atoms with Crippen molar-refractivity contribution in [3.05, 3.63) is 12.3 Å². The van der Waals surface area contributed by atoms with Crippen LogP contribution in [0.5, 0.6) is 0 Å². The van der Waals surface area contributed by atoms with Gasteiger partial charge in [-0.3, -0.25) is 0 Å². The first-order valence-corrected chi connectivity index (χ1v) is 6.69. The first-order chi connectivity index (χ1) is 7.45. The molecule has 0 radical (unpaired) electrons.